The molecule has 0 aliphatic heterocycles. The van der Waals surface area contributed by atoms with E-state index in [1.54, 1.807) is 0 Å². The number of carbonyl (C=O) groups excluding carboxylic acids is 4. The van der Waals surface area contributed by atoms with Crippen molar-refractivity contribution in [3.8, 4) is 0 Å². The van der Waals surface area contributed by atoms with Gasteiger partial charge in [-0.25, -0.2) is 0 Å². The van der Waals surface area contributed by atoms with Crippen LogP contribution in [0.4, 0.5) is 0 Å². The van der Waals surface area contributed by atoms with Gasteiger partial charge in [-0.3, -0.25) is 27.2 Å². The predicted molar refractivity (Wildman–Crippen MR) is 131 cm³/mol. The Bertz CT molecular complexity index is 246. The van der Waals surface area contributed by atoms with E-state index < -0.39 is 0 Å². The first kappa shape index (κ1) is 53.2. The molecule has 0 atom stereocenters. The second-order valence-corrected chi connectivity index (χ2v) is 8.59. The molecular formula is C26H50Cr2O4. The van der Waals surface area contributed by atoms with Gasteiger partial charge in [0.25, 0.3) is 0 Å². The van der Waals surface area contributed by atoms with Crippen LogP contribution in [-0.4, -0.2) is 27.2 Å². The Morgan fingerprint density at radius 2 is 0.312 bits per heavy atom. The summed E-state index contributed by atoms with van der Waals surface area (Å²) < 4.78 is 0. The maximum Gasteiger partial charge on any atom is 3.00 e. The van der Waals surface area contributed by atoms with Crippen molar-refractivity contribution in [1.29, 1.82) is 0 Å². The minimum Gasteiger partial charge on any atom is -0.545 e. The standard InChI is InChI=1S/2C10H20.4CHO.2CH3.2Cr/c2*1-6-7(2)9(4)10(5)8(6)3;4*1-2;;;;/h2*6-10H,1-5H3;4*1H;2*1H3;;/q;;6*-1;2*+3. The van der Waals surface area contributed by atoms with Crippen molar-refractivity contribution in [2.75, 3.05) is 0 Å². The molecule has 0 aromatic carbocycles. The van der Waals surface area contributed by atoms with Gasteiger partial charge in [-0.15, -0.1) is 0 Å². The molecule has 0 spiro atoms. The largest absolute Gasteiger partial charge is 3.00 e. The van der Waals surface area contributed by atoms with E-state index >= 15 is 0 Å². The molecule has 0 aromatic rings. The van der Waals surface area contributed by atoms with Gasteiger partial charge in [0.15, 0.2) is 0 Å². The third kappa shape index (κ3) is 15.6. The summed E-state index contributed by atoms with van der Waals surface area (Å²) in [5.41, 5.74) is 0. The Hall–Kier alpha value is -0.255. The van der Waals surface area contributed by atoms with E-state index in [0.717, 1.165) is 59.2 Å². The molecule has 2 saturated carbocycles. The van der Waals surface area contributed by atoms with Gasteiger partial charge in [-0.1, -0.05) is 69.2 Å². The Kier molecular flexibility index (Phi) is 51.1. The molecule has 0 saturated heterocycles. The molecule has 2 aliphatic rings. The van der Waals surface area contributed by atoms with Crippen LogP contribution in [0, 0.1) is 74.0 Å². The van der Waals surface area contributed by atoms with Crippen molar-refractivity contribution in [2.24, 2.45) is 59.2 Å². The molecule has 2 fully saturated rings. The van der Waals surface area contributed by atoms with Gasteiger partial charge in [0.2, 0.25) is 0 Å². The molecule has 2 aliphatic carbocycles. The SMILES string of the molecule is CC1C(C)C(C)C(C)C1C.CC1C(C)C(C)C(C)C1C.[CH-]=O.[CH-]=O.[CH-]=O.[CH-]=O.[CH3-].[CH3-].[Cr+3].[Cr+3]. The summed E-state index contributed by atoms with van der Waals surface area (Å²) in [5, 5.41) is 0. The van der Waals surface area contributed by atoms with Crippen molar-refractivity contribution in [3.63, 3.8) is 0 Å². The van der Waals surface area contributed by atoms with Crippen LogP contribution in [0.5, 0.6) is 0 Å². The molecule has 0 bridgehead atoms. The quantitative estimate of drug-likeness (QED) is 0.278. The zero-order chi connectivity index (χ0) is 23.8. The number of hydrogen-bond donors (Lipinski definition) is 0. The van der Waals surface area contributed by atoms with Crippen LogP contribution in [0.2, 0.25) is 0 Å². The molecule has 4 nitrogen and oxygen atoms in total. The van der Waals surface area contributed by atoms with Crippen molar-refractivity contribution in [2.45, 2.75) is 69.2 Å². The van der Waals surface area contributed by atoms with Gasteiger partial charge in [0.05, 0.1) is 0 Å². The number of rotatable bonds is 0. The topological polar surface area (TPSA) is 68.3 Å². The van der Waals surface area contributed by atoms with Gasteiger partial charge in [-0.2, -0.15) is 0 Å². The zero-order valence-corrected chi connectivity index (χ0v) is 25.1. The van der Waals surface area contributed by atoms with E-state index in [4.69, 9.17) is 19.2 Å². The fourth-order valence-corrected chi connectivity index (χ4v) is 4.79. The summed E-state index contributed by atoms with van der Waals surface area (Å²) in [6.45, 7) is 37.0. The smallest absolute Gasteiger partial charge is 0.545 e. The fourth-order valence-electron chi connectivity index (χ4n) is 4.79. The van der Waals surface area contributed by atoms with Crippen molar-refractivity contribution >= 4 is 27.2 Å². The van der Waals surface area contributed by atoms with Crippen LogP contribution in [0.15, 0.2) is 0 Å². The summed E-state index contributed by atoms with van der Waals surface area (Å²) in [6.07, 6.45) is 0. The number of hydrogen-bond acceptors (Lipinski definition) is 4. The monoisotopic (exact) mass is 530 g/mol. The third-order valence-corrected chi connectivity index (χ3v) is 8.29. The zero-order valence-electron chi connectivity index (χ0n) is 22.5. The van der Waals surface area contributed by atoms with Gasteiger partial charge in [0.1, 0.15) is 0 Å². The summed E-state index contributed by atoms with van der Waals surface area (Å²) in [6, 6.07) is 0. The van der Waals surface area contributed by atoms with E-state index in [0.29, 0.717) is 0 Å². The van der Waals surface area contributed by atoms with Crippen molar-refractivity contribution in [1.82, 2.24) is 0 Å². The van der Waals surface area contributed by atoms with Crippen molar-refractivity contribution < 1.29 is 53.9 Å². The van der Waals surface area contributed by atoms with Crippen LogP contribution in [0.1, 0.15) is 69.2 Å². The minimum atomic E-state index is 0. The second kappa shape index (κ2) is 30.7. The van der Waals surface area contributed by atoms with Crippen LogP contribution >= 0.6 is 0 Å². The van der Waals surface area contributed by atoms with Gasteiger partial charge < -0.3 is 34.0 Å². The molecule has 0 N–H and O–H groups in total. The molecule has 0 unspecified atom stereocenters. The predicted octanol–water partition coefficient (Wildman–Crippen LogP) is 6.16. The van der Waals surface area contributed by atoms with E-state index in [-0.39, 0.29) is 49.6 Å². The summed E-state index contributed by atoms with van der Waals surface area (Å²) in [4.78, 5) is 31.0. The molecule has 2 rings (SSSR count). The molecule has 190 valence electrons. The molecular weight excluding hydrogens is 480 g/mol. The second-order valence-electron chi connectivity index (χ2n) is 8.59. The normalized spacial score (nSPS) is 35.2. The molecule has 0 amide bonds. The Morgan fingerprint density at radius 1 is 0.281 bits per heavy atom. The molecule has 32 heavy (non-hydrogen) atoms. The van der Waals surface area contributed by atoms with Crippen LogP contribution < -0.4 is 0 Å². The minimum absolute atomic E-state index is 0. The van der Waals surface area contributed by atoms with E-state index in [2.05, 4.69) is 96.4 Å². The van der Waals surface area contributed by atoms with Gasteiger partial charge in [-0.05, 0) is 59.2 Å². The van der Waals surface area contributed by atoms with Crippen molar-refractivity contribution in [3.05, 3.63) is 14.9 Å². The first-order chi connectivity index (χ1) is 13.1. The Balaban J connectivity index is -0.0000000417. The van der Waals surface area contributed by atoms with Crippen LogP contribution in [-0.2, 0) is 53.9 Å². The molecule has 0 aromatic heterocycles. The summed E-state index contributed by atoms with van der Waals surface area (Å²) in [5.74, 6) is 9.35. The van der Waals surface area contributed by atoms with Crippen LogP contribution in [0.3, 0.4) is 0 Å². The first-order valence-electron chi connectivity index (χ1n) is 10.0. The third-order valence-electron chi connectivity index (χ3n) is 8.29. The molecule has 0 heterocycles. The summed E-state index contributed by atoms with van der Waals surface area (Å²) in [7, 11) is 0. The molecule has 2 radical (unpaired) electrons. The maximum absolute atomic E-state index is 7.75. The van der Waals surface area contributed by atoms with E-state index in [1.807, 2.05) is 0 Å². The fraction of sp³-hybridized carbons (Fsp3) is 0.769. The summed E-state index contributed by atoms with van der Waals surface area (Å²) >= 11 is 0. The van der Waals surface area contributed by atoms with Crippen LogP contribution in [0.25, 0.3) is 0 Å². The first-order valence-corrected chi connectivity index (χ1v) is 10.0. The molecule has 6 heteroatoms. The van der Waals surface area contributed by atoms with E-state index in [1.165, 1.54) is 0 Å². The Morgan fingerprint density at radius 3 is 0.344 bits per heavy atom. The average molecular weight is 531 g/mol. The van der Waals surface area contributed by atoms with Gasteiger partial charge >= 0.3 is 34.7 Å². The average Bonchev–Trinajstić information content (AvgIpc) is 3.04. The Labute approximate surface area is 223 Å². The maximum atomic E-state index is 7.75. The van der Waals surface area contributed by atoms with E-state index in [9.17, 15) is 0 Å². The van der Waals surface area contributed by atoms with Gasteiger partial charge in [0, 0.05) is 0 Å².